The lowest BCUT2D eigenvalue weighted by molar-refractivity contribution is 0.400. The molecule has 0 atom stereocenters. The molecule has 0 bridgehead atoms. The van der Waals surface area contributed by atoms with E-state index in [1.165, 1.54) is 11.1 Å². The molecule has 1 rings (SSSR count). The maximum absolute atomic E-state index is 3.46. The summed E-state index contributed by atoms with van der Waals surface area (Å²) in [6, 6.07) is 9.16. The molecule has 0 radical (unpaired) electrons. The third kappa shape index (κ3) is 4.45. The van der Waals surface area contributed by atoms with Gasteiger partial charge in [-0.2, -0.15) is 0 Å². The first-order valence-electron chi connectivity index (χ1n) is 5.54. The van der Waals surface area contributed by atoms with E-state index in [0.717, 1.165) is 13.1 Å². The van der Waals surface area contributed by atoms with Crippen LogP contribution < -0.4 is 5.32 Å². The van der Waals surface area contributed by atoms with E-state index in [2.05, 4.69) is 62.4 Å². The first-order valence-corrected chi connectivity index (χ1v) is 5.54. The lowest BCUT2D eigenvalue weighted by Gasteiger charge is -2.15. The van der Waals surface area contributed by atoms with E-state index in [0.29, 0.717) is 6.04 Å². The Balaban J connectivity index is 2.68. The molecule has 0 saturated carbocycles. The Bertz CT molecular complexity index is 292. The lowest BCUT2D eigenvalue weighted by Crippen LogP contribution is -2.23. The fourth-order valence-electron chi connectivity index (χ4n) is 1.54. The molecule has 0 fully saturated rings. The van der Waals surface area contributed by atoms with Crippen LogP contribution in [0, 0.1) is 0 Å². The molecule has 84 valence electrons. The van der Waals surface area contributed by atoms with Gasteiger partial charge in [-0.25, -0.2) is 0 Å². The van der Waals surface area contributed by atoms with Crippen LogP contribution in [0.25, 0.3) is 0 Å². The Morgan fingerprint density at radius 3 is 2.27 bits per heavy atom. The number of rotatable bonds is 5. The van der Waals surface area contributed by atoms with Gasteiger partial charge in [-0.05, 0) is 25.2 Å². The van der Waals surface area contributed by atoms with Gasteiger partial charge in [0.15, 0.2) is 0 Å². The SMILES string of the molecule is CC(C)NCc1ccccc1CN(C)C. The monoisotopic (exact) mass is 206 g/mol. The van der Waals surface area contributed by atoms with Gasteiger partial charge in [-0.15, -0.1) is 0 Å². The van der Waals surface area contributed by atoms with Gasteiger partial charge in [-0.1, -0.05) is 38.1 Å². The summed E-state index contributed by atoms with van der Waals surface area (Å²) in [7, 11) is 4.21. The summed E-state index contributed by atoms with van der Waals surface area (Å²) in [6.07, 6.45) is 0. The van der Waals surface area contributed by atoms with Gasteiger partial charge in [0.2, 0.25) is 0 Å². The van der Waals surface area contributed by atoms with E-state index < -0.39 is 0 Å². The molecule has 0 heterocycles. The van der Waals surface area contributed by atoms with Crippen LogP contribution in [0.5, 0.6) is 0 Å². The molecular weight excluding hydrogens is 184 g/mol. The van der Waals surface area contributed by atoms with Crippen molar-refractivity contribution < 1.29 is 0 Å². The minimum Gasteiger partial charge on any atom is -0.310 e. The molecular formula is C13H22N2. The molecule has 2 heteroatoms. The second-order valence-corrected chi connectivity index (χ2v) is 4.54. The van der Waals surface area contributed by atoms with Gasteiger partial charge in [0.25, 0.3) is 0 Å². The number of benzene rings is 1. The average molecular weight is 206 g/mol. The maximum Gasteiger partial charge on any atom is 0.0230 e. The van der Waals surface area contributed by atoms with Crippen molar-refractivity contribution in [3.63, 3.8) is 0 Å². The number of hydrogen-bond donors (Lipinski definition) is 1. The Hall–Kier alpha value is -0.860. The van der Waals surface area contributed by atoms with Gasteiger partial charge in [-0.3, -0.25) is 0 Å². The highest BCUT2D eigenvalue weighted by atomic mass is 15.0. The van der Waals surface area contributed by atoms with Crippen LogP contribution in [-0.4, -0.2) is 25.0 Å². The smallest absolute Gasteiger partial charge is 0.0230 e. The quantitative estimate of drug-likeness (QED) is 0.795. The van der Waals surface area contributed by atoms with Gasteiger partial charge in [0.1, 0.15) is 0 Å². The van der Waals surface area contributed by atoms with Gasteiger partial charge in [0.05, 0.1) is 0 Å². The second kappa shape index (κ2) is 5.89. The van der Waals surface area contributed by atoms with Crippen LogP contribution in [0.4, 0.5) is 0 Å². The summed E-state index contributed by atoms with van der Waals surface area (Å²) in [5.41, 5.74) is 2.82. The Morgan fingerprint density at radius 1 is 1.13 bits per heavy atom. The Kier molecular flexibility index (Phi) is 4.79. The van der Waals surface area contributed by atoms with E-state index in [1.54, 1.807) is 0 Å². The zero-order valence-electron chi connectivity index (χ0n) is 10.2. The van der Waals surface area contributed by atoms with Crippen molar-refractivity contribution in [2.45, 2.75) is 33.0 Å². The van der Waals surface area contributed by atoms with Crippen molar-refractivity contribution in [1.29, 1.82) is 0 Å². The fourth-order valence-corrected chi connectivity index (χ4v) is 1.54. The third-order valence-corrected chi connectivity index (χ3v) is 2.31. The summed E-state index contributed by atoms with van der Waals surface area (Å²) < 4.78 is 0. The summed E-state index contributed by atoms with van der Waals surface area (Å²) in [5.74, 6) is 0. The lowest BCUT2D eigenvalue weighted by atomic mass is 10.1. The minimum atomic E-state index is 0.539. The molecule has 15 heavy (non-hydrogen) atoms. The molecule has 0 aliphatic heterocycles. The van der Waals surface area contributed by atoms with E-state index in [-0.39, 0.29) is 0 Å². The molecule has 1 aromatic carbocycles. The van der Waals surface area contributed by atoms with Gasteiger partial charge < -0.3 is 10.2 Å². The summed E-state index contributed by atoms with van der Waals surface area (Å²) in [4.78, 5) is 2.20. The second-order valence-electron chi connectivity index (χ2n) is 4.54. The van der Waals surface area contributed by atoms with E-state index in [9.17, 15) is 0 Å². The largest absolute Gasteiger partial charge is 0.310 e. The zero-order chi connectivity index (χ0) is 11.3. The van der Waals surface area contributed by atoms with Crippen molar-refractivity contribution in [2.24, 2.45) is 0 Å². The first-order chi connectivity index (χ1) is 7.09. The van der Waals surface area contributed by atoms with Crippen molar-refractivity contribution in [3.8, 4) is 0 Å². The van der Waals surface area contributed by atoms with E-state index in [1.807, 2.05) is 0 Å². The van der Waals surface area contributed by atoms with Crippen LogP contribution in [0.1, 0.15) is 25.0 Å². The number of nitrogens with one attached hydrogen (secondary N) is 1. The zero-order valence-corrected chi connectivity index (χ0v) is 10.2. The van der Waals surface area contributed by atoms with Crippen LogP contribution >= 0.6 is 0 Å². The number of hydrogen-bond acceptors (Lipinski definition) is 2. The van der Waals surface area contributed by atoms with Gasteiger partial charge >= 0.3 is 0 Å². The molecule has 2 nitrogen and oxygen atoms in total. The van der Waals surface area contributed by atoms with E-state index in [4.69, 9.17) is 0 Å². The van der Waals surface area contributed by atoms with Crippen molar-refractivity contribution >= 4 is 0 Å². The molecule has 1 aromatic rings. The molecule has 0 aliphatic rings. The molecule has 0 aliphatic carbocycles. The molecule has 0 unspecified atom stereocenters. The highest BCUT2D eigenvalue weighted by Crippen LogP contribution is 2.10. The van der Waals surface area contributed by atoms with Gasteiger partial charge in [0, 0.05) is 19.1 Å². The minimum absolute atomic E-state index is 0.539. The molecule has 0 aromatic heterocycles. The normalized spacial score (nSPS) is 11.3. The van der Waals surface area contributed by atoms with Crippen LogP contribution in [0.15, 0.2) is 24.3 Å². The summed E-state index contributed by atoms with van der Waals surface area (Å²) in [5, 5.41) is 3.46. The Labute approximate surface area is 93.3 Å². The highest BCUT2D eigenvalue weighted by molar-refractivity contribution is 5.26. The summed E-state index contributed by atoms with van der Waals surface area (Å²) >= 11 is 0. The van der Waals surface area contributed by atoms with Crippen LogP contribution in [0.2, 0.25) is 0 Å². The fraction of sp³-hybridized carbons (Fsp3) is 0.538. The highest BCUT2D eigenvalue weighted by Gasteiger charge is 2.03. The van der Waals surface area contributed by atoms with E-state index >= 15 is 0 Å². The molecule has 1 N–H and O–H groups in total. The van der Waals surface area contributed by atoms with Crippen molar-refractivity contribution in [1.82, 2.24) is 10.2 Å². The molecule has 0 amide bonds. The predicted octanol–water partition coefficient (Wildman–Crippen LogP) is 2.25. The van der Waals surface area contributed by atoms with Crippen molar-refractivity contribution in [2.75, 3.05) is 14.1 Å². The molecule has 0 spiro atoms. The summed E-state index contributed by atoms with van der Waals surface area (Å²) in [6.45, 7) is 6.32. The standard InChI is InChI=1S/C13H22N2/c1-11(2)14-9-12-7-5-6-8-13(12)10-15(3)4/h5-8,11,14H,9-10H2,1-4H3. The maximum atomic E-state index is 3.46. The van der Waals surface area contributed by atoms with Crippen LogP contribution in [0.3, 0.4) is 0 Å². The average Bonchev–Trinajstić information content (AvgIpc) is 2.15. The van der Waals surface area contributed by atoms with Crippen molar-refractivity contribution in [3.05, 3.63) is 35.4 Å². The third-order valence-electron chi connectivity index (χ3n) is 2.31. The predicted molar refractivity (Wildman–Crippen MR) is 65.8 cm³/mol. The first kappa shape index (κ1) is 12.2. The topological polar surface area (TPSA) is 15.3 Å². The Morgan fingerprint density at radius 2 is 1.73 bits per heavy atom. The molecule has 0 saturated heterocycles. The van der Waals surface area contributed by atoms with Crippen LogP contribution in [-0.2, 0) is 13.1 Å². The number of nitrogens with zero attached hydrogens (tertiary/aromatic N) is 1.